The number of benzene rings is 2. The number of halogens is 2. The monoisotopic (exact) mass is 329 g/mol. The molecule has 24 heavy (non-hydrogen) atoms. The molecule has 1 heterocycles. The van der Waals surface area contributed by atoms with E-state index < -0.39 is 0 Å². The minimum Gasteiger partial charge on any atom is -0.289 e. The van der Waals surface area contributed by atoms with Crippen molar-refractivity contribution in [1.82, 2.24) is 4.90 Å². The number of rotatable bonds is 4. The fraction of sp³-hybridized carbons (Fsp3) is 0.429. The summed E-state index contributed by atoms with van der Waals surface area (Å²) in [7, 11) is 0. The summed E-state index contributed by atoms with van der Waals surface area (Å²) in [5, 5.41) is 0. The van der Waals surface area contributed by atoms with Gasteiger partial charge in [-0.25, -0.2) is 8.78 Å². The predicted molar refractivity (Wildman–Crippen MR) is 93.8 cm³/mol. The van der Waals surface area contributed by atoms with Crippen molar-refractivity contribution in [2.75, 3.05) is 6.54 Å². The number of piperidine rings is 1. The zero-order chi connectivity index (χ0) is 17.1. The van der Waals surface area contributed by atoms with Gasteiger partial charge in [0.1, 0.15) is 11.6 Å². The average molecular weight is 329 g/mol. The summed E-state index contributed by atoms with van der Waals surface area (Å²) < 4.78 is 26.8. The Morgan fingerprint density at radius 3 is 1.88 bits per heavy atom. The molecule has 1 aliphatic heterocycles. The van der Waals surface area contributed by atoms with Gasteiger partial charge in [-0.05, 0) is 60.6 Å². The first-order valence-electron chi connectivity index (χ1n) is 8.85. The molecular formula is C21H25F2N. The second-order valence-electron chi connectivity index (χ2n) is 6.95. The van der Waals surface area contributed by atoms with Gasteiger partial charge in [0, 0.05) is 12.6 Å². The van der Waals surface area contributed by atoms with Crippen LogP contribution < -0.4 is 0 Å². The molecule has 3 heteroatoms. The molecule has 1 saturated heterocycles. The highest BCUT2D eigenvalue weighted by atomic mass is 19.1. The molecule has 0 spiro atoms. The molecule has 1 nitrogen and oxygen atoms in total. The van der Waals surface area contributed by atoms with E-state index in [1.165, 1.54) is 37.1 Å². The third kappa shape index (κ3) is 3.67. The maximum absolute atomic E-state index is 13.4. The molecule has 0 aromatic heterocycles. The van der Waals surface area contributed by atoms with Crippen LogP contribution >= 0.6 is 0 Å². The SMILES string of the molecule is CC[C@@H]1CC[C@@H](C)CN1C(c1ccc(F)cc1)c1ccc(F)cc1. The van der Waals surface area contributed by atoms with Crippen molar-refractivity contribution in [2.24, 2.45) is 5.92 Å². The summed E-state index contributed by atoms with van der Waals surface area (Å²) in [6, 6.07) is 14.0. The van der Waals surface area contributed by atoms with E-state index in [9.17, 15) is 8.78 Å². The van der Waals surface area contributed by atoms with Crippen LogP contribution in [0.2, 0.25) is 0 Å². The lowest BCUT2D eigenvalue weighted by atomic mass is 9.87. The molecule has 3 rings (SSSR count). The van der Waals surface area contributed by atoms with E-state index in [4.69, 9.17) is 0 Å². The second-order valence-corrected chi connectivity index (χ2v) is 6.95. The highest BCUT2D eigenvalue weighted by molar-refractivity contribution is 5.32. The van der Waals surface area contributed by atoms with E-state index in [0.717, 1.165) is 24.1 Å². The Morgan fingerprint density at radius 1 is 0.917 bits per heavy atom. The predicted octanol–water partition coefficient (Wildman–Crippen LogP) is 5.56. The van der Waals surface area contributed by atoms with Gasteiger partial charge in [0.15, 0.2) is 0 Å². The first-order chi connectivity index (χ1) is 11.6. The van der Waals surface area contributed by atoms with E-state index in [2.05, 4.69) is 18.7 Å². The van der Waals surface area contributed by atoms with Crippen LogP contribution in [-0.2, 0) is 0 Å². The first kappa shape index (κ1) is 17.1. The molecule has 0 bridgehead atoms. The van der Waals surface area contributed by atoms with Crippen LogP contribution in [0.1, 0.15) is 50.3 Å². The average Bonchev–Trinajstić information content (AvgIpc) is 2.59. The molecule has 0 N–H and O–H groups in total. The second kappa shape index (κ2) is 7.43. The van der Waals surface area contributed by atoms with Gasteiger partial charge < -0.3 is 0 Å². The van der Waals surface area contributed by atoms with Crippen molar-refractivity contribution < 1.29 is 8.78 Å². The van der Waals surface area contributed by atoms with E-state index in [1.807, 2.05) is 24.3 Å². The van der Waals surface area contributed by atoms with Gasteiger partial charge in [0.2, 0.25) is 0 Å². The molecule has 1 fully saturated rings. The Kier molecular flexibility index (Phi) is 5.30. The summed E-state index contributed by atoms with van der Waals surface area (Å²) in [6.07, 6.45) is 3.51. The van der Waals surface area contributed by atoms with Crippen LogP contribution in [-0.4, -0.2) is 17.5 Å². The topological polar surface area (TPSA) is 3.24 Å². The Hall–Kier alpha value is -1.74. The zero-order valence-corrected chi connectivity index (χ0v) is 14.4. The normalized spacial score (nSPS) is 22.0. The summed E-state index contributed by atoms with van der Waals surface area (Å²) in [5.41, 5.74) is 2.13. The molecule has 0 unspecified atom stereocenters. The maximum Gasteiger partial charge on any atom is 0.123 e. The van der Waals surface area contributed by atoms with Crippen LogP contribution in [0.15, 0.2) is 48.5 Å². The van der Waals surface area contributed by atoms with Gasteiger partial charge in [-0.2, -0.15) is 0 Å². The van der Waals surface area contributed by atoms with E-state index in [0.29, 0.717) is 12.0 Å². The van der Waals surface area contributed by atoms with Gasteiger partial charge in [-0.3, -0.25) is 4.90 Å². The number of hydrogen-bond acceptors (Lipinski definition) is 1. The molecule has 128 valence electrons. The quantitative estimate of drug-likeness (QED) is 0.709. The van der Waals surface area contributed by atoms with Gasteiger partial charge >= 0.3 is 0 Å². The van der Waals surface area contributed by atoms with Crippen LogP contribution in [0.25, 0.3) is 0 Å². The van der Waals surface area contributed by atoms with Crippen LogP contribution in [0.4, 0.5) is 8.78 Å². The largest absolute Gasteiger partial charge is 0.289 e. The lowest BCUT2D eigenvalue weighted by Gasteiger charge is -2.43. The Morgan fingerprint density at radius 2 is 1.42 bits per heavy atom. The van der Waals surface area contributed by atoms with Gasteiger partial charge in [-0.15, -0.1) is 0 Å². The summed E-state index contributed by atoms with van der Waals surface area (Å²) >= 11 is 0. The van der Waals surface area contributed by atoms with Crippen molar-refractivity contribution in [3.05, 3.63) is 71.3 Å². The van der Waals surface area contributed by atoms with Crippen molar-refractivity contribution in [1.29, 1.82) is 0 Å². The lowest BCUT2D eigenvalue weighted by Crippen LogP contribution is -2.45. The molecule has 0 radical (unpaired) electrons. The van der Waals surface area contributed by atoms with E-state index in [-0.39, 0.29) is 17.7 Å². The summed E-state index contributed by atoms with van der Waals surface area (Å²) in [5.74, 6) is 0.183. The minimum absolute atomic E-state index is 0.0406. The van der Waals surface area contributed by atoms with Crippen molar-refractivity contribution in [3.63, 3.8) is 0 Å². The molecule has 0 saturated carbocycles. The molecule has 2 aromatic rings. The molecule has 0 amide bonds. The van der Waals surface area contributed by atoms with Crippen molar-refractivity contribution >= 4 is 0 Å². The summed E-state index contributed by atoms with van der Waals surface area (Å²) in [6.45, 7) is 5.52. The van der Waals surface area contributed by atoms with Gasteiger partial charge in [-0.1, -0.05) is 38.1 Å². The highest BCUT2D eigenvalue weighted by Gasteiger charge is 2.32. The van der Waals surface area contributed by atoms with Crippen LogP contribution in [0.3, 0.4) is 0 Å². The van der Waals surface area contributed by atoms with Crippen LogP contribution in [0, 0.1) is 17.6 Å². The van der Waals surface area contributed by atoms with Crippen LogP contribution in [0.5, 0.6) is 0 Å². The molecule has 0 aliphatic carbocycles. The molecule has 1 aliphatic rings. The smallest absolute Gasteiger partial charge is 0.123 e. The fourth-order valence-electron chi connectivity index (χ4n) is 3.86. The number of nitrogens with zero attached hydrogens (tertiary/aromatic N) is 1. The maximum atomic E-state index is 13.4. The Balaban J connectivity index is 2.03. The first-order valence-corrected chi connectivity index (χ1v) is 8.85. The zero-order valence-electron chi connectivity index (χ0n) is 14.4. The fourth-order valence-corrected chi connectivity index (χ4v) is 3.86. The molecule has 2 atom stereocenters. The third-order valence-corrected chi connectivity index (χ3v) is 5.16. The summed E-state index contributed by atoms with van der Waals surface area (Å²) in [4.78, 5) is 2.52. The third-order valence-electron chi connectivity index (χ3n) is 5.16. The Bertz CT molecular complexity index is 605. The van der Waals surface area contributed by atoms with Gasteiger partial charge in [0.05, 0.1) is 6.04 Å². The Labute approximate surface area is 143 Å². The molecular weight excluding hydrogens is 304 g/mol. The lowest BCUT2D eigenvalue weighted by molar-refractivity contribution is 0.0804. The standard InChI is InChI=1S/C21H25F2N/c1-3-20-13-4-15(2)14-24(20)21(16-5-9-18(22)10-6-16)17-7-11-19(23)12-8-17/h5-12,15,20-21H,3-4,13-14H2,1-2H3/t15-,20-/m1/s1. The minimum atomic E-state index is -0.226. The molecule has 2 aromatic carbocycles. The van der Waals surface area contributed by atoms with E-state index in [1.54, 1.807) is 0 Å². The highest BCUT2D eigenvalue weighted by Crippen LogP contribution is 2.36. The van der Waals surface area contributed by atoms with Crippen molar-refractivity contribution in [3.8, 4) is 0 Å². The number of likely N-dealkylation sites (tertiary alicyclic amines) is 1. The van der Waals surface area contributed by atoms with Crippen molar-refractivity contribution in [2.45, 2.75) is 45.2 Å². The van der Waals surface area contributed by atoms with E-state index >= 15 is 0 Å². The van der Waals surface area contributed by atoms with Gasteiger partial charge in [0.25, 0.3) is 0 Å². The number of hydrogen-bond donors (Lipinski definition) is 0.